The van der Waals surface area contributed by atoms with Gasteiger partial charge < -0.3 is 20.8 Å². The average Bonchev–Trinajstić information content (AvgIpc) is 2.57. The number of H-pyrrole nitrogens is 1. The van der Waals surface area contributed by atoms with Crippen molar-refractivity contribution in [2.24, 2.45) is 0 Å². The van der Waals surface area contributed by atoms with Gasteiger partial charge in [-0.2, -0.15) is 5.10 Å². The number of carboxylic acids is 1. The number of hydrogen-bond acceptors (Lipinski definition) is 4. The van der Waals surface area contributed by atoms with Crippen molar-refractivity contribution < 1.29 is 19.8 Å². The highest BCUT2D eigenvalue weighted by atomic mass is 16.4. The molecule has 2 amide bonds. The van der Waals surface area contributed by atoms with Gasteiger partial charge in [0.2, 0.25) is 0 Å². The number of urea groups is 1. The maximum atomic E-state index is 11.4. The van der Waals surface area contributed by atoms with Gasteiger partial charge in [-0.25, -0.2) is 9.59 Å². The molecule has 94 valence electrons. The Morgan fingerprint density at radius 2 is 2.12 bits per heavy atom. The molecule has 1 aromatic heterocycles. The molecular formula is C9H14N4O4. The van der Waals surface area contributed by atoms with Crippen LogP contribution in [0.1, 0.15) is 11.4 Å². The molecule has 0 saturated carbocycles. The number of aryl methyl sites for hydroxylation is 2. The minimum atomic E-state index is -1.62. The number of aromatic nitrogens is 2. The molecule has 8 nitrogen and oxygen atoms in total. The number of nitrogens with one attached hydrogen (secondary N) is 3. The number of rotatable bonds is 4. The second kappa shape index (κ2) is 5.30. The van der Waals surface area contributed by atoms with Crippen LogP contribution in [0.4, 0.5) is 10.5 Å². The van der Waals surface area contributed by atoms with Crippen LogP contribution < -0.4 is 10.6 Å². The van der Waals surface area contributed by atoms with Crippen molar-refractivity contribution in [2.45, 2.75) is 20.0 Å². The van der Waals surface area contributed by atoms with Crippen LogP contribution >= 0.6 is 0 Å². The predicted molar refractivity (Wildman–Crippen MR) is 58.7 cm³/mol. The van der Waals surface area contributed by atoms with E-state index < -0.39 is 18.1 Å². The summed E-state index contributed by atoms with van der Waals surface area (Å²) >= 11 is 0. The largest absolute Gasteiger partial charge is 0.479 e. The van der Waals surface area contributed by atoms with E-state index in [4.69, 9.17) is 10.2 Å². The second-order valence-corrected chi connectivity index (χ2v) is 3.50. The summed E-state index contributed by atoms with van der Waals surface area (Å²) in [4.78, 5) is 21.7. The SMILES string of the molecule is Cc1n[nH]c(C)c1NC(=O)NC[C@H](O)C(=O)O. The first-order valence-corrected chi connectivity index (χ1v) is 4.89. The summed E-state index contributed by atoms with van der Waals surface area (Å²) in [6.45, 7) is 3.09. The number of amides is 2. The number of carboxylic acid groups (broad SMARTS) is 1. The van der Waals surface area contributed by atoms with E-state index in [-0.39, 0.29) is 6.54 Å². The zero-order valence-electron chi connectivity index (χ0n) is 9.44. The number of hydrogen-bond donors (Lipinski definition) is 5. The highest BCUT2D eigenvalue weighted by molar-refractivity contribution is 5.90. The molecule has 0 aliphatic heterocycles. The molecule has 0 spiro atoms. The van der Waals surface area contributed by atoms with Crippen LogP contribution in [0.25, 0.3) is 0 Å². The molecule has 0 fully saturated rings. The molecule has 0 aromatic carbocycles. The van der Waals surface area contributed by atoms with Gasteiger partial charge in [-0.1, -0.05) is 0 Å². The van der Waals surface area contributed by atoms with Crippen molar-refractivity contribution in [3.63, 3.8) is 0 Å². The lowest BCUT2D eigenvalue weighted by Crippen LogP contribution is -2.38. The van der Waals surface area contributed by atoms with E-state index in [1.807, 2.05) is 0 Å². The van der Waals surface area contributed by atoms with Crippen molar-refractivity contribution in [3.05, 3.63) is 11.4 Å². The van der Waals surface area contributed by atoms with Gasteiger partial charge in [0.1, 0.15) is 0 Å². The Kier molecular flexibility index (Phi) is 4.05. The fourth-order valence-corrected chi connectivity index (χ4v) is 1.17. The average molecular weight is 242 g/mol. The summed E-state index contributed by atoms with van der Waals surface area (Å²) in [5, 5.41) is 28.7. The molecule has 1 atom stereocenters. The van der Waals surface area contributed by atoms with Gasteiger partial charge in [0, 0.05) is 0 Å². The third kappa shape index (κ3) is 3.45. The topological polar surface area (TPSA) is 127 Å². The van der Waals surface area contributed by atoms with Gasteiger partial charge in [0.15, 0.2) is 6.10 Å². The van der Waals surface area contributed by atoms with Gasteiger partial charge in [-0.15, -0.1) is 0 Å². The van der Waals surface area contributed by atoms with Crippen molar-refractivity contribution in [1.29, 1.82) is 0 Å². The highest BCUT2D eigenvalue weighted by Gasteiger charge is 2.15. The van der Waals surface area contributed by atoms with E-state index in [1.54, 1.807) is 13.8 Å². The molecule has 0 saturated heterocycles. The van der Waals surface area contributed by atoms with E-state index >= 15 is 0 Å². The lowest BCUT2D eigenvalue weighted by Gasteiger charge is -2.09. The number of aliphatic carboxylic acids is 1. The number of anilines is 1. The number of nitrogens with zero attached hydrogens (tertiary/aromatic N) is 1. The minimum absolute atomic E-state index is 0.364. The number of aliphatic hydroxyl groups excluding tert-OH is 1. The van der Waals surface area contributed by atoms with Gasteiger partial charge in [0.25, 0.3) is 0 Å². The summed E-state index contributed by atoms with van der Waals surface area (Å²) < 4.78 is 0. The zero-order valence-corrected chi connectivity index (χ0v) is 9.44. The standard InChI is InChI=1S/C9H14N4O4/c1-4-7(5(2)13-12-4)11-9(17)10-3-6(14)8(15)16/h6,14H,3H2,1-2H3,(H,12,13)(H,15,16)(H2,10,11,17)/t6-/m0/s1. The van der Waals surface area contributed by atoms with Gasteiger partial charge in [0.05, 0.1) is 23.6 Å². The quantitative estimate of drug-likeness (QED) is 0.490. The van der Waals surface area contributed by atoms with Crippen LogP contribution in [0.3, 0.4) is 0 Å². The summed E-state index contributed by atoms with van der Waals surface area (Å²) in [5.41, 5.74) is 1.85. The third-order valence-electron chi connectivity index (χ3n) is 2.11. The highest BCUT2D eigenvalue weighted by Crippen LogP contribution is 2.15. The van der Waals surface area contributed by atoms with Crippen molar-refractivity contribution in [2.75, 3.05) is 11.9 Å². The van der Waals surface area contributed by atoms with Crippen LogP contribution in [-0.2, 0) is 4.79 Å². The van der Waals surface area contributed by atoms with E-state index in [9.17, 15) is 9.59 Å². The lowest BCUT2D eigenvalue weighted by molar-refractivity contribution is -0.146. The van der Waals surface area contributed by atoms with Crippen LogP contribution in [0.5, 0.6) is 0 Å². The van der Waals surface area contributed by atoms with Gasteiger partial charge in [-0.3, -0.25) is 5.10 Å². The summed E-state index contributed by atoms with van der Waals surface area (Å²) in [5.74, 6) is -1.39. The molecule has 1 heterocycles. The Labute approximate surface area is 97.0 Å². The molecule has 8 heteroatoms. The van der Waals surface area contributed by atoms with Crippen molar-refractivity contribution in [1.82, 2.24) is 15.5 Å². The van der Waals surface area contributed by atoms with E-state index in [0.29, 0.717) is 17.1 Å². The normalized spacial score (nSPS) is 11.9. The molecule has 17 heavy (non-hydrogen) atoms. The van der Waals surface area contributed by atoms with Crippen molar-refractivity contribution in [3.8, 4) is 0 Å². The number of aromatic amines is 1. The monoisotopic (exact) mass is 242 g/mol. The molecule has 1 aromatic rings. The molecule has 1 rings (SSSR count). The Hall–Kier alpha value is -2.09. The summed E-state index contributed by atoms with van der Waals surface area (Å²) in [6.07, 6.45) is -1.62. The molecule has 5 N–H and O–H groups in total. The maximum Gasteiger partial charge on any atom is 0.334 e. The fraction of sp³-hybridized carbons (Fsp3) is 0.444. The van der Waals surface area contributed by atoms with Crippen LogP contribution in [0, 0.1) is 13.8 Å². The maximum absolute atomic E-state index is 11.4. The molecule has 0 radical (unpaired) electrons. The van der Waals surface area contributed by atoms with Gasteiger partial charge >= 0.3 is 12.0 Å². The zero-order chi connectivity index (χ0) is 13.0. The van der Waals surface area contributed by atoms with Crippen molar-refractivity contribution >= 4 is 17.7 Å². The first kappa shape index (κ1) is 13.0. The van der Waals surface area contributed by atoms with Crippen LogP contribution in [0.2, 0.25) is 0 Å². The van der Waals surface area contributed by atoms with Crippen LogP contribution in [-0.4, -0.2) is 45.1 Å². The third-order valence-corrected chi connectivity index (χ3v) is 2.11. The van der Waals surface area contributed by atoms with E-state index in [2.05, 4.69) is 20.8 Å². The summed E-state index contributed by atoms with van der Waals surface area (Å²) in [7, 11) is 0. The first-order chi connectivity index (χ1) is 7.91. The molecule has 0 aliphatic rings. The first-order valence-electron chi connectivity index (χ1n) is 4.89. The number of carbonyl (C=O) groups excluding carboxylic acids is 1. The molecule has 0 unspecified atom stereocenters. The van der Waals surface area contributed by atoms with E-state index in [0.717, 1.165) is 0 Å². The molecular weight excluding hydrogens is 228 g/mol. The van der Waals surface area contributed by atoms with Gasteiger partial charge in [-0.05, 0) is 13.8 Å². The Bertz CT molecular complexity index is 409. The molecule has 0 bridgehead atoms. The summed E-state index contributed by atoms with van der Waals surface area (Å²) in [6, 6.07) is -0.599. The molecule has 0 aliphatic carbocycles. The smallest absolute Gasteiger partial charge is 0.334 e. The second-order valence-electron chi connectivity index (χ2n) is 3.50. The Balaban J connectivity index is 2.48. The Morgan fingerprint density at radius 3 is 2.59 bits per heavy atom. The van der Waals surface area contributed by atoms with Crippen LogP contribution in [0.15, 0.2) is 0 Å². The van der Waals surface area contributed by atoms with E-state index in [1.165, 1.54) is 0 Å². The minimum Gasteiger partial charge on any atom is -0.479 e. The Morgan fingerprint density at radius 1 is 1.47 bits per heavy atom. The predicted octanol–water partition coefficient (Wildman–Crippen LogP) is -0.406. The number of carbonyl (C=O) groups is 2. The lowest BCUT2D eigenvalue weighted by atomic mass is 10.3. The number of aliphatic hydroxyl groups is 1. The fourth-order valence-electron chi connectivity index (χ4n) is 1.17.